The average Bonchev–Trinajstić information content (AvgIpc) is 2.02. The average molecular weight is 213 g/mol. The van der Waals surface area contributed by atoms with Crippen molar-refractivity contribution in [2.24, 2.45) is 0 Å². The summed E-state index contributed by atoms with van der Waals surface area (Å²) in [4.78, 5) is 0. The monoisotopic (exact) mass is 213 g/mol. The Morgan fingerprint density at radius 2 is 2.07 bits per heavy atom. The third-order valence-electron chi connectivity index (χ3n) is 1.76. The van der Waals surface area contributed by atoms with Crippen LogP contribution in [0.5, 0.6) is 0 Å². The number of nitrogens with one attached hydrogen (secondary N) is 1. The van der Waals surface area contributed by atoms with E-state index in [0.29, 0.717) is 12.1 Å². The zero-order valence-corrected chi connectivity index (χ0v) is 9.26. The zero-order chi connectivity index (χ0) is 10.6. The van der Waals surface area contributed by atoms with E-state index in [-0.39, 0.29) is 5.75 Å². The second-order valence-electron chi connectivity index (χ2n) is 3.29. The molecule has 0 bridgehead atoms. The molecular formula is C10H15NO2S. The van der Waals surface area contributed by atoms with Gasteiger partial charge in [0.15, 0.2) is 0 Å². The number of sulfonamides is 1. The van der Waals surface area contributed by atoms with Crippen LogP contribution in [-0.4, -0.2) is 14.2 Å². The van der Waals surface area contributed by atoms with Gasteiger partial charge in [-0.3, -0.25) is 4.72 Å². The molecule has 0 aromatic heterocycles. The molecule has 1 aromatic carbocycles. The molecule has 4 heteroatoms. The lowest BCUT2D eigenvalue weighted by molar-refractivity contribution is 0.600. The van der Waals surface area contributed by atoms with Crippen LogP contribution in [0.1, 0.15) is 18.9 Å². The van der Waals surface area contributed by atoms with Crippen molar-refractivity contribution >= 4 is 15.7 Å². The molecule has 1 aromatic rings. The van der Waals surface area contributed by atoms with Crippen LogP contribution in [0.3, 0.4) is 0 Å². The summed E-state index contributed by atoms with van der Waals surface area (Å²) < 4.78 is 25.3. The molecular weight excluding hydrogens is 198 g/mol. The summed E-state index contributed by atoms with van der Waals surface area (Å²) in [6.07, 6.45) is 0.626. The summed E-state index contributed by atoms with van der Waals surface area (Å²) in [7, 11) is -3.15. The first kappa shape index (κ1) is 11.0. The van der Waals surface area contributed by atoms with E-state index in [2.05, 4.69) is 4.72 Å². The second-order valence-corrected chi connectivity index (χ2v) is 5.13. The summed E-state index contributed by atoms with van der Waals surface area (Å²) in [5, 5.41) is 0. The first-order chi connectivity index (χ1) is 6.53. The van der Waals surface area contributed by atoms with Crippen molar-refractivity contribution in [1.29, 1.82) is 0 Å². The van der Waals surface area contributed by atoms with Crippen LogP contribution in [0.2, 0.25) is 0 Å². The van der Waals surface area contributed by atoms with Gasteiger partial charge in [-0.2, -0.15) is 0 Å². The van der Waals surface area contributed by atoms with Crippen molar-refractivity contribution in [3.05, 3.63) is 29.8 Å². The van der Waals surface area contributed by atoms with E-state index in [1.807, 2.05) is 32.0 Å². The topological polar surface area (TPSA) is 46.2 Å². The zero-order valence-electron chi connectivity index (χ0n) is 8.45. The fourth-order valence-corrected chi connectivity index (χ4v) is 2.33. The smallest absolute Gasteiger partial charge is 0.232 e. The standard InChI is InChI=1S/C10H15NO2S/c1-3-7-14(12,13)11-10-6-4-5-9(2)8-10/h4-6,8,11H,3,7H2,1-2H3. The van der Waals surface area contributed by atoms with Gasteiger partial charge in [-0.05, 0) is 31.0 Å². The quantitative estimate of drug-likeness (QED) is 0.833. The lowest BCUT2D eigenvalue weighted by atomic mass is 10.2. The fraction of sp³-hybridized carbons (Fsp3) is 0.400. The van der Waals surface area contributed by atoms with Crippen molar-refractivity contribution in [1.82, 2.24) is 0 Å². The third-order valence-corrected chi connectivity index (χ3v) is 3.26. The van der Waals surface area contributed by atoms with Gasteiger partial charge < -0.3 is 0 Å². The summed E-state index contributed by atoms with van der Waals surface area (Å²) in [6, 6.07) is 7.32. The number of aryl methyl sites for hydroxylation is 1. The van der Waals surface area contributed by atoms with Gasteiger partial charge in [-0.15, -0.1) is 0 Å². The summed E-state index contributed by atoms with van der Waals surface area (Å²) in [5.41, 5.74) is 1.68. The van der Waals surface area contributed by atoms with Gasteiger partial charge in [0.2, 0.25) is 10.0 Å². The van der Waals surface area contributed by atoms with E-state index >= 15 is 0 Å². The molecule has 1 rings (SSSR count). The number of rotatable bonds is 4. The molecule has 0 aliphatic heterocycles. The molecule has 0 atom stereocenters. The van der Waals surface area contributed by atoms with E-state index in [1.165, 1.54) is 0 Å². The molecule has 78 valence electrons. The van der Waals surface area contributed by atoms with E-state index in [1.54, 1.807) is 6.07 Å². The lowest BCUT2D eigenvalue weighted by Gasteiger charge is -2.06. The predicted octanol–water partition coefficient (Wildman–Crippen LogP) is 2.15. The Bertz CT molecular complexity index is 398. The van der Waals surface area contributed by atoms with Gasteiger partial charge in [0.25, 0.3) is 0 Å². The summed E-state index contributed by atoms with van der Waals surface area (Å²) in [6.45, 7) is 3.77. The molecule has 3 nitrogen and oxygen atoms in total. The maximum atomic E-state index is 11.4. The number of benzene rings is 1. The van der Waals surface area contributed by atoms with Gasteiger partial charge in [0, 0.05) is 5.69 Å². The highest BCUT2D eigenvalue weighted by Crippen LogP contribution is 2.11. The molecule has 0 spiro atoms. The fourth-order valence-electron chi connectivity index (χ4n) is 1.21. The van der Waals surface area contributed by atoms with Gasteiger partial charge in [-0.25, -0.2) is 8.42 Å². The third kappa shape index (κ3) is 3.38. The van der Waals surface area contributed by atoms with Crippen LogP contribution in [-0.2, 0) is 10.0 Å². The number of anilines is 1. The molecule has 0 amide bonds. The molecule has 1 N–H and O–H groups in total. The maximum absolute atomic E-state index is 11.4. The van der Waals surface area contributed by atoms with Crippen LogP contribution < -0.4 is 4.72 Å². The van der Waals surface area contributed by atoms with Gasteiger partial charge in [0.1, 0.15) is 0 Å². The minimum atomic E-state index is -3.15. The van der Waals surface area contributed by atoms with Gasteiger partial charge in [0.05, 0.1) is 5.75 Å². The van der Waals surface area contributed by atoms with Crippen LogP contribution in [0, 0.1) is 6.92 Å². The predicted molar refractivity (Wildman–Crippen MR) is 58.9 cm³/mol. The van der Waals surface area contributed by atoms with Gasteiger partial charge in [-0.1, -0.05) is 19.1 Å². The molecule has 0 aliphatic carbocycles. The number of hydrogen-bond acceptors (Lipinski definition) is 2. The molecule has 14 heavy (non-hydrogen) atoms. The SMILES string of the molecule is CCCS(=O)(=O)Nc1cccc(C)c1. The van der Waals surface area contributed by atoms with E-state index in [9.17, 15) is 8.42 Å². The van der Waals surface area contributed by atoms with E-state index in [0.717, 1.165) is 5.56 Å². The second kappa shape index (κ2) is 4.46. The maximum Gasteiger partial charge on any atom is 0.232 e. The Labute approximate surface area is 85.2 Å². The van der Waals surface area contributed by atoms with Crippen LogP contribution in [0.15, 0.2) is 24.3 Å². The minimum Gasteiger partial charge on any atom is -0.284 e. The molecule has 0 heterocycles. The van der Waals surface area contributed by atoms with E-state index < -0.39 is 10.0 Å². The molecule has 0 aliphatic rings. The Morgan fingerprint density at radius 1 is 1.36 bits per heavy atom. The molecule has 0 fully saturated rings. The Hall–Kier alpha value is -1.03. The van der Waals surface area contributed by atoms with Crippen LogP contribution in [0.25, 0.3) is 0 Å². The van der Waals surface area contributed by atoms with Crippen LogP contribution >= 0.6 is 0 Å². The molecule has 0 unspecified atom stereocenters. The van der Waals surface area contributed by atoms with Crippen molar-refractivity contribution in [2.75, 3.05) is 10.5 Å². The van der Waals surface area contributed by atoms with Crippen molar-refractivity contribution in [3.8, 4) is 0 Å². The van der Waals surface area contributed by atoms with E-state index in [4.69, 9.17) is 0 Å². The Balaban J connectivity index is 2.79. The highest BCUT2D eigenvalue weighted by atomic mass is 32.2. The van der Waals surface area contributed by atoms with Crippen molar-refractivity contribution < 1.29 is 8.42 Å². The largest absolute Gasteiger partial charge is 0.284 e. The first-order valence-corrected chi connectivity index (χ1v) is 6.26. The molecule has 0 radical (unpaired) electrons. The molecule has 0 saturated carbocycles. The molecule has 0 saturated heterocycles. The lowest BCUT2D eigenvalue weighted by Crippen LogP contribution is -2.15. The van der Waals surface area contributed by atoms with Crippen molar-refractivity contribution in [3.63, 3.8) is 0 Å². The van der Waals surface area contributed by atoms with Crippen LogP contribution in [0.4, 0.5) is 5.69 Å². The number of hydrogen-bond donors (Lipinski definition) is 1. The summed E-state index contributed by atoms with van der Waals surface area (Å²) >= 11 is 0. The normalized spacial score (nSPS) is 11.3. The highest BCUT2D eigenvalue weighted by molar-refractivity contribution is 7.92. The Morgan fingerprint density at radius 3 is 2.64 bits per heavy atom. The first-order valence-electron chi connectivity index (χ1n) is 4.60. The minimum absolute atomic E-state index is 0.168. The van der Waals surface area contributed by atoms with Gasteiger partial charge >= 0.3 is 0 Å². The summed E-state index contributed by atoms with van der Waals surface area (Å²) in [5.74, 6) is 0.168. The highest BCUT2D eigenvalue weighted by Gasteiger charge is 2.07. The Kier molecular flexibility index (Phi) is 3.52. The van der Waals surface area contributed by atoms with Crippen molar-refractivity contribution in [2.45, 2.75) is 20.3 Å².